The van der Waals surface area contributed by atoms with E-state index in [1.807, 2.05) is 25.1 Å². The van der Waals surface area contributed by atoms with E-state index in [1.54, 1.807) is 26.3 Å². The van der Waals surface area contributed by atoms with Gasteiger partial charge in [-0.25, -0.2) is 4.39 Å². The quantitative estimate of drug-likeness (QED) is 0.158. The number of nitrogens with one attached hydrogen (secondary N) is 3. The van der Waals surface area contributed by atoms with E-state index in [9.17, 15) is 9.18 Å². The molecule has 3 N–H and O–H groups in total. The third kappa shape index (κ3) is 11.3. The largest absolute Gasteiger partial charge is 0.493 e. The number of methoxy groups -OCH3 is 1. The zero-order chi connectivity index (χ0) is 23.2. The minimum atomic E-state index is -0.344. The molecular weight excluding hydrogens is 538 g/mol. The Kier molecular flexibility index (Phi) is 14.1. The van der Waals surface area contributed by atoms with E-state index in [0.717, 1.165) is 23.3 Å². The molecule has 0 aliphatic carbocycles. The van der Waals surface area contributed by atoms with Crippen LogP contribution in [0.1, 0.15) is 23.1 Å². The number of hydrogen-bond acceptors (Lipinski definition) is 4. The van der Waals surface area contributed by atoms with Crippen LogP contribution in [0, 0.1) is 12.7 Å². The van der Waals surface area contributed by atoms with Gasteiger partial charge in [-0.2, -0.15) is 0 Å². The molecular formula is C24H34FIN4O3. The van der Waals surface area contributed by atoms with Crippen LogP contribution in [0.5, 0.6) is 5.75 Å². The first-order chi connectivity index (χ1) is 15.5. The van der Waals surface area contributed by atoms with Gasteiger partial charge in [-0.1, -0.05) is 24.3 Å². The van der Waals surface area contributed by atoms with Crippen molar-refractivity contribution in [2.75, 3.05) is 40.5 Å². The smallest absolute Gasteiger partial charge is 0.224 e. The molecule has 33 heavy (non-hydrogen) atoms. The lowest BCUT2D eigenvalue weighted by molar-refractivity contribution is -0.120. The summed E-state index contributed by atoms with van der Waals surface area (Å²) in [7, 11) is 3.37. The highest BCUT2D eigenvalue weighted by molar-refractivity contribution is 14.0. The zero-order valence-corrected chi connectivity index (χ0v) is 21.8. The van der Waals surface area contributed by atoms with E-state index >= 15 is 0 Å². The van der Waals surface area contributed by atoms with Crippen molar-refractivity contribution in [1.29, 1.82) is 0 Å². The maximum absolute atomic E-state index is 13.2. The van der Waals surface area contributed by atoms with E-state index in [-0.39, 0.29) is 42.1 Å². The van der Waals surface area contributed by atoms with Crippen LogP contribution in [-0.2, 0) is 22.5 Å². The molecule has 0 aromatic heterocycles. The highest BCUT2D eigenvalue weighted by Crippen LogP contribution is 2.20. The molecule has 9 heteroatoms. The molecule has 0 saturated carbocycles. The van der Waals surface area contributed by atoms with Gasteiger partial charge in [0.1, 0.15) is 11.6 Å². The summed E-state index contributed by atoms with van der Waals surface area (Å²) >= 11 is 0. The van der Waals surface area contributed by atoms with Crippen molar-refractivity contribution in [3.63, 3.8) is 0 Å². The number of benzene rings is 2. The van der Waals surface area contributed by atoms with E-state index in [0.29, 0.717) is 44.4 Å². The summed E-state index contributed by atoms with van der Waals surface area (Å²) in [6, 6.07) is 12.2. The van der Waals surface area contributed by atoms with Crippen LogP contribution in [0.25, 0.3) is 0 Å². The maximum Gasteiger partial charge on any atom is 0.224 e. The molecule has 0 spiro atoms. The molecule has 0 aliphatic rings. The monoisotopic (exact) mass is 572 g/mol. The van der Waals surface area contributed by atoms with Crippen molar-refractivity contribution in [3.05, 3.63) is 65.0 Å². The van der Waals surface area contributed by atoms with Gasteiger partial charge in [0.05, 0.1) is 13.0 Å². The summed E-state index contributed by atoms with van der Waals surface area (Å²) in [6.45, 7) is 4.76. The average Bonchev–Trinajstić information content (AvgIpc) is 2.77. The molecule has 182 valence electrons. The van der Waals surface area contributed by atoms with Crippen LogP contribution in [-0.4, -0.2) is 52.3 Å². The van der Waals surface area contributed by atoms with Gasteiger partial charge >= 0.3 is 0 Å². The van der Waals surface area contributed by atoms with Crippen molar-refractivity contribution in [3.8, 4) is 5.75 Å². The summed E-state index contributed by atoms with van der Waals surface area (Å²) in [6.07, 6.45) is 0.969. The molecule has 0 atom stereocenters. The summed E-state index contributed by atoms with van der Waals surface area (Å²) in [5, 5.41) is 9.24. The first-order valence-electron chi connectivity index (χ1n) is 10.7. The molecule has 1 amide bonds. The lowest BCUT2D eigenvalue weighted by Gasteiger charge is -2.16. The first kappa shape index (κ1) is 28.6. The summed E-state index contributed by atoms with van der Waals surface area (Å²) in [5.41, 5.74) is 2.80. The third-order valence-electron chi connectivity index (χ3n) is 4.64. The van der Waals surface area contributed by atoms with Crippen molar-refractivity contribution in [2.24, 2.45) is 4.99 Å². The molecule has 2 aromatic rings. The molecule has 0 bridgehead atoms. The Hall–Kier alpha value is -2.40. The molecule has 0 aliphatic heterocycles. The number of aliphatic imine (C=N–C) groups is 1. The first-order valence-corrected chi connectivity index (χ1v) is 10.7. The predicted molar refractivity (Wildman–Crippen MR) is 140 cm³/mol. The second kappa shape index (κ2) is 16.2. The summed E-state index contributed by atoms with van der Waals surface area (Å²) in [4.78, 5) is 16.2. The lowest BCUT2D eigenvalue weighted by Crippen LogP contribution is -2.41. The molecule has 0 saturated heterocycles. The van der Waals surface area contributed by atoms with E-state index in [4.69, 9.17) is 9.47 Å². The van der Waals surface area contributed by atoms with Gasteiger partial charge in [0.15, 0.2) is 5.96 Å². The highest BCUT2D eigenvalue weighted by atomic mass is 127. The number of halogens is 2. The Balaban J connectivity index is 0.00000544. The number of carbonyl (C=O) groups excluding carboxylic acids is 1. The average molecular weight is 572 g/mol. The van der Waals surface area contributed by atoms with Crippen molar-refractivity contribution >= 4 is 35.8 Å². The summed E-state index contributed by atoms with van der Waals surface area (Å²) < 4.78 is 24.2. The van der Waals surface area contributed by atoms with Crippen molar-refractivity contribution in [2.45, 2.75) is 26.3 Å². The van der Waals surface area contributed by atoms with Crippen molar-refractivity contribution in [1.82, 2.24) is 16.0 Å². The number of carbonyl (C=O) groups is 1. The van der Waals surface area contributed by atoms with E-state index < -0.39 is 0 Å². The van der Waals surface area contributed by atoms with Gasteiger partial charge in [0.2, 0.25) is 5.91 Å². The molecule has 0 unspecified atom stereocenters. The number of guanidine groups is 1. The Labute approximate surface area is 212 Å². The molecule has 0 heterocycles. The van der Waals surface area contributed by atoms with Gasteiger partial charge in [-0.05, 0) is 36.2 Å². The number of aryl methyl sites for hydroxylation is 1. The van der Waals surface area contributed by atoms with Crippen LogP contribution in [0.4, 0.5) is 4.39 Å². The Morgan fingerprint density at radius 1 is 1.06 bits per heavy atom. The Morgan fingerprint density at radius 2 is 1.85 bits per heavy atom. The van der Waals surface area contributed by atoms with Gasteiger partial charge < -0.3 is 25.4 Å². The number of rotatable bonds is 12. The van der Waals surface area contributed by atoms with Crippen LogP contribution < -0.4 is 20.7 Å². The lowest BCUT2D eigenvalue weighted by atomic mass is 10.1. The fourth-order valence-electron chi connectivity index (χ4n) is 3.00. The maximum atomic E-state index is 13.2. The van der Waals surface area contributed by atoms with Gasteiger partial charge in [0.25, 0.3) is 0 Å². The predicted octanol–water partition coefficient (Wildman–Crippen LogP) is 3.19. The third-order valence-corrected chi connectivity index (χ3v) is 4.64. The van der Waals surface area contributed by atoms with Crippen LogP contribution in [0.3, 0.4) is 0 Å². The fourth-order valence-corrected chi connectivity index (χ4v) is 3.00. The second-order valence-electron chi connectivity index (χ2n) is 7.32. The molecule has 0 radical (unpaired) electrons. The number of hydrogen-bond donors (Lipinski definition) is 3. The molecule has 0 fully saturated rings. The van der Waals surface area contributed by atoms with E-state index in [1.165, 1.54) is 12.1 Å². The van der Waals surface area contributed by atoms with Crippen LogP contribution in [0.15, 0.2) is 47.5 Å². The standard InChI is InChI=1S/C24H33FN4O3.HI/c1-18-8-9-20(22(14-18)32-13-5-12-31-3)17-29-24(26-2)28-11-10-27-23(30)16-19-6-4-7-21(25)15-19;/h4,6-9,14-15H,5,10-13,16-17H2,1-3H3,(H,27,30)(H2,26,28,29);1H. The minimum Gasteiger partial charge on any atom is -0.493 e. The van der Waals surface area contributed by atoms with Gasteiger partial charge in [0, 0.05) is 52.4 Å². The fraction of sp³-hybridized carbons (Fsp3) is 0.417. The zero-order valence-electron chi connectivity index (χ0n) is 19.4. The topological polar surface area (TPSA) is 84.0 Å². The summed E-state index contributed by atoms with van der Waals surface area (Å²) in [5.74, 6) is 0.961. The van der Waals surface area contributed by atoms with Crippen LogP contribution >= 0.6 is 24.0 Å². The number of nitrogens with zero attached hydrogens (tertiary/aromatic N) is 1. The van der Waals surface area contributed by atoms with Crippen molar-refractivity contribution < 1.29 is 18.7 Å². The molecule has 2 rings (SSSR count). The Morgan fingerprint density at radius 3 is 2.58 bits per heavy atom. The highest BCUT2D eigenvalue weighted by Gasteiger charge is 2.07. The van der Waals surface area contributed by atoms with Gasteiger partial charge in [-0.15, -0.1) is 24.0 Å². The molecule has 7 nitrogen and oxygen atoms in total. The number of ether oxygens (including phenoxy) is 2. The minimum absolute atomic E-state index is 0. The SMILES string of the molecule is CN=C(NCCNC(=O)Cc1cccc(F)c1)NCc1ccc(C)cc1OCCCOC.I. The number of amides is 1. The second-order valence-corrected chi connectivity index (χ2v) is 7.32. The van der Waals surface area contributed by atoms with Crippen LogP contribution in [0.2, 0.25) is 0 Å². The molecule has 2 aromatic carbocycles. The van der Waals surface area contributed by atoms with Gasteiger partial charge in [-0.3, -0.25) is 9.79 Å². The normalized spacial score (nSPS) is 10.8. The Bertz CT molecular complexity index is 896. The van der Waals surface area contributed by atoms with E-state index in [2.05, 4.69) is 20.9 Å².